The van der Waals surface area contributed by atoms with Crippen LogP contribution in [0.2, 0.25) is 0 Å². The quantitative estimate of drug-likeness (QED) is 0.574. The van der Waals surface area contributed by atoms with Crippen LogP contribution in [-0.4, -0.2) is 31.1 Å². The summed E-state index contributed by atoms with van der Waals surface area (Å²) in [5.41, 5.74) is -0.966. The Morgan fingerprint density at radius 1 is 1.35 bits per heavy atom. The Kier molecular flexibility index (Phi) is 5.50. The van der Waals surface area contributed by atoms with E-state index in [1.165, 1.54) is 22.5 Å². The molecule has 20 heavy (non-hydrogen) atoms. The molecular weight excluding hydrogens is 298 g/mol. The molecule has 0 bridgehead atoms. The normalized spacial score (nSPS) is 12.4. The van der Waals surface area contributed by atoms with Crippen molar-refractivity contribution in [2.75, 3.05) is 13.1 Å². The third-order valence-electron chi connectivity index (χ3n) is 2.82. The number of nitrogens with zero attached hydrogens (tertiary/aromatic N) is 1. The Morgan fingerprint density at radius 3 is 2.35 bits per heavy atom. The van der Waals surface area contributed by atoms with Crippen LogP contribution in [0.4, 0.5) is 0 Å². The highest BCUT2D eigenvalue weighted by atomic mass is 35.5. The lowest BCUT2D eigenvalue weighted by Gasteiger charge is -2.28. The number of rotatable bonds is 7. The van der Waals surface area contributed by atoms with Crippen LogP contribution in [0.3, 0.4) is 0 Å². The predicted octanol–water partition coefficient (Wildman–Crippen LogP) is 2.65. The van der Waals surface area contributed by atoms with Crippen LogP contribution in [0.1, 0.15) is 13.8 Å². The zero-order chi connectivity index (χ0) is 15.4. The molecule has 0 amide bonds. The lowest BCUT2D eigenvalue weighted by Crippen LogP contribution is -2.41. The minimum atomic E-state index is -3.68. The van der Waals surface area contributed by atoms with E-state index < -0.39 is 20.7 Å². The van der Waals surface area contributed by atoms with Crippen molar-refractivity contribution in [3.05, 3.63) is 43.0 Å². The van der Waals surface area contributed by atoms with Gasteiger partial charge in [-0.2, -0.15) is 4.31 Å². The largest absolute Gasteiger partial charge is 0.281 e. The predicted molar refractivity (Wildman–Crippen MR) is 80.0 cm³/mol. The molecule has 0 unspecified atom stereocenters. The molecule has 110 valence electrons. The maximum atomic E-state index is 12.5. The van der Waals surface area contributed by atoms with E-state index in [0.29, 0.717) is 0 Å². The molecule has 0 aromatic heterocycles. The lowest BCUT2D eigenvalue weighted by molar-refractivity contribution is -0.119. The van der Waals surface area contributed by atoms with Crippen molar-refractivity contribution in [2.45, 2.75) is 18.7 Å². The molecule has 1 rings (SSSR count). The van der Waals surface area contributed by atoms with E-state index in [-0.39, 0.29) is 18.0 Å². The van der Waals surface area contributed by atoms with E-state index in [1.807, 2.05) is 0 Å². The van der Waals surface area contributed by atoms with Crippen molar-refractivity contribution < 1.29 is 13.2 Å². The van der Waals surface area contributed by atoms with Gasteiger partial charge in [-0.05, 0) is 23.7 Å². The SMILES string of the molecule is C=CCN(CC(C)(C)C(=O)Cl)S(=O)(=O)c1ccccc1. The minimum Gasteiger partial charge on any atom is -0.281 e. The molecule has 0 saturated heterocycles. The van der Waals surface area contributed by atoms with E-state index in [0.717, 1.165) is 0 Å². The van der Waals surface area contributed by atoms with Gasteiger partial charge in [-0.25, -0.2) is 8.42 Å². The Bertz CT molecular complexity index is 582. The Labute approximate surface area is 125 Å². The maximum absolute atomic E-state index is 12.5. The van der Waals surface area contributed by atoms with Gasteiger partial charge in [0.1, 0.15) is 0 Å². The summed E-state index contributed by atoms with van der Waals surface area (Å²) in [7, 11) is -3.68. The first-order valence-electron chi connectivity index (χ1n) is 6.08. The summed E-state index contributed by atoms with van der Waals surface area (Å²) in [4.78, 5) is 11.6. The number of hydrogen-bond donors (Lipinski definition) is 0. The van der Waals surface area contributed by atoms with Crippen LogP contribution in [0.25, 0.3) is 0 Å². The number of carbonyl (C=O) groups excluding carboxylic acids is 1. The van der Waals surface area contributed by atoms with E-state index in [9.17, 15) is 13.2 Å². The van der Waals surface area contributed by atoms with Gasteiger partial charge in [0.05, 0.1) is 10.3 Å². The molecule has 0 fully saturated rings. The van der Waals surface area contributed by atoms with Gasteiger partial charge in [-0.1, -0.05) is 38.1 Å². The van der Waals surface area contributed by atoms with Gasteiger partial charge in [-0.3, -0.25) is 4.79 Å². The number of sulfonamides is 1. The van der Waals surface area contributed by atoms with Crippen LogP contribution in [0, 0.1) is 5.41 Å². The number of benzene rings is 1. The van der Waals surface area contributed by atoms with Gasteiger partial charge < -0.3 is 0 Å². The second kappa shape index (κ2) is 6.52. The zero-order valence-electron chi connectivity index (χ0n) is 11.5. The summed E-state index contributed by atoms with van der Waals surface area (Å²) in [6.07, 6.45) is 1.48. The molecule has 0 N–H and O–H groups in total. The van der Waals surface area contributed by atoms with Gasteiger partial charge in [-0.15, -0.1) is 6.58 Å². The molecule has 0 aliphatic carbocycles. The fourth-order valence-electron chi connectivity index (χ4n) is 1.64. The second-order valence-corrected chi connectivity index (χ2v) is 7.34. The highest BCUT2D eigenvalue weighted by Gasteiger charge is 2.33. The van der Waals surface area contributed by atoms with Gasteiger partial charge in [0, 0.05) is 13.1 Å². The standard InChI is InChI=1S/C14H18ClNO3S/c1-4-10-16(11-14(2,3)13(15)17)20(18,19)12-8-6-5-7-9-12/h4-9H,1,10-11H2,2-3H3. The van der Waals surface area contributed by atoms with E-state index in [4.69, 9.17) is 11.6 Å². The average molecular weight is 316 g/mol. The molecule has 6 heteroatoms. The lowest BCUT2D eigenvalue weighted by atomic mass is 9.96. The Balaban J connectivity index is 3.14. The van der Waals surface area contributed by atoms with Crippen LogP contribution in [0.5, 0.6) is 0 Å². The Hall–Kier alpha value is -1.17. The van der Waals surface area contributed by atoms with Crippen LogP contribution in [0.15, 0.2) is 47.9 Å². The van der Waals surface area contributed by atoms with Crippen molar-refractivity contribution >= 4 is 26.9 Å². The molecule has 0 radical (unpaired) electrons. The first-order valence-corrected chi connectivity index (χ1v) is 7.89. The third-order valence-corrected chi connectivity index (χ3v) is 5.15. The molecule has 0 atom stereocenters. The molecule has 1 aromatic carbocycles. The number of hydrogen-bond acceptors (Lipinski definition) is 3. The summed E-state index contributed by atoms with van der Waals surface area (Å²) < 4.78 is 26.3. The van der Waals surface area contributed by atoms with Crippen LogP contribution < -0.4 is 0 Å². The van der Waals surface area contributed by atoms with Crippen molar-refractivity contribution in [2.24, 2.45) is 5.41 Å². The van der Waals surface area contributed by atoms with Crippen molar-refractivity contribution in [3.63, 3.8) is 0 Å². The van der Waals surface area contributed by atoms with Gasteiger partial charge in [0.25, 0.3) is 0 Å². The van der Waals surface area contributed by atoms with Gasteiger partial charge in [0.2, 0.25) is 15.3 Å². The van der Waals surface area contributed by atoms with Crippen LogP contribution >= 0.6 is 11.6 Å². The summed E-state index contributed by atoms with van der Waals surface area (Å²) >= 11 is 5.52. The van der Waals surface area contributed by atoms with E-state index in [2.05, 4.69) is 6.58 Å². The molecule has 0 aliphatic rings. The Morgan fingerprint density at radius 2 is 1.90 bits per heavy atom. The van der Waals surface area contributed by atoms with Gasteiger partial charge >= 0.3 is 0 Å². The van der Waals surface area contributed by atoms with Crippen molar-refractivity contribution in [1.82, 2.24) is 4.31 Å². The summed E-state index contributed by atoms with van der Waals surface area (Å²) in [5, 5.41) is -0.574. The third kappa shape index (κ3) is 3.91. The number of halogens is 1. The highest BCUT2D eigenvalue weighted by molar-refractivity contribution is 7.89. The molecule has 0 aliphatic heterocycles. The summed E-state index contributed by atoms with van der Waals surface area (Å²) in [6, 6.07) is 8.07. The number of carbonyl (C=O) groups is 1. The first kappa shape index (κ1) is 16.9. The summed E-state index contributed by atoms with van der Waals surface area (Å²) in [6.45, 7) is 6.89. The maximum Gasteiger partial charge on any atom is 0.243 e. The molecular formula is C14H18ClNO3S. The average Bonchev–Trinajstić information content (AvgIpc) is 2.39. The molecule has 4 nitrogen and oxygen atoms in total. The smallest absolute Gasteiger partial charge is 0.243 e. The first-order chi connectivity index (χ1) is 9.21. The van der Waals surface area contributed by atoms with Crippen molar-refractivity contribution in [1.29, 1.82) is 0 Å². The van der Waals surface area contributed by atoms with E-state index in [1.54, 1.807) is 32.0 Å². The topological polar surface area (TPSA) is 54.5 Å². The second-order valence-electron chi connectivity index (χ2n) is 5.06. The van der Waals surface area contributed by atoms with Gasteiger partial charge in [0.15, 0.2) is 0 Å². The molecule has 1 aromatic rings. The molecule has 0 saturated carbocycles. The fourth-order valence-corrected chi connectivity index (χ4v) is 3.29. The molecule has 0 spiro atoms. The van der Waals surface area contributed by atoms with E-state index >= 15 is 0 Å². The zero-order valence-corrected chi connectivity index (χ0v) is 13.1. The highest BCUT2D eigenvalue weighted by Crippen LogP contribution is 2.25. The summed E-state index contributed by atoms with van der Waals surface area (Å²) in [5.74, 6) is 0. The van der Waals surface area contributed by atoms with Crippen LogP contribution in [-0.2, 0) is 14.8 Å². The fraction of sp³-hybridized carbons (Fsp3) is 0.357. The molecule has 0 heterocycles. The minimum absolute atomic E-state index is 0.00141. The van der Waals surface area contributed by atoms with Crippen molar-refractivity contribution in [3.8, 4) is 0 Å². The monoisotopic (exact) mass is 315 g/mol.